The topological polar surface area (TPSA) is 15.3 Å². The van der Waals surface area contributed by atoms with Crippen molar-refractivity contribution in [2.24, 2.45) is 11.8 Å². The monoisotopic (exact) mass is 212 g/mol. The van der Waals surface area contributed by atoms with Gasteiger partial charge in [0.2, 0.25) is 0 Å². The Morgan fingerprint density at radius 2 is 1.93 bits per heavy atom. The summed E-state index contributed by atoms with van der Waals surface area (Å²) in [7, 11) is 4.29. The second kappa shape index (κ2) is 6.49. The predicted octanol–water partition coefficient (Wildman–Crippen LogP) is 2.35. The minimum Gasteiger partial charge on any atom is -0.314 e. The highest BCUT2D eigenvalue weighted by molar-refractivity contribution is 4.81. The van der Waals surface area contributed by atoms with Crippen LogP contribution in [-0.2, 0) is 0 Å². The largest absolute Gasteiger partial charge is 0.314 e. The first kappa shape index (κ1) is 13.0. The Morgan fingerprint density at radius 1 is 1.20 bits per heavy atom. The maximum Gasteiger partial charge on any atom is 0.00952 e. The Labute approximate surface area is 95.4 Å². The normalized spacial score (nSPS) is 32.2. The number of nitrogens with zero attached hydrogens (tertiary/aromatic N) is 1. The fourth-order valence-electron chi connectivity index (χ4n) is 2.50. The molecule has 0 saturated heterocycles. The average Bonchev–Trinajstić information content (AvgIpc) is 2.17. The SMILES string of the molecule is CC1CCC(C)C(NCCCN(C)C)C1. The van der Waals surface area contributed by atoms with Gasteiger partial charge < -0.3 is 10.2 Å². The molecule has 0 radical (unpaired) electrons. The van der Waals surface area contributed by atoms with E-state index in [0.717, 1.165) is 17.9 Å². The summed E-state index contributed by atoms with van der Waals surface area (Å²) in [4.78, 5) is 2.26. The molecule has 0 heterocycles. The summed E-state index contributed by atoms with van der Waals surface area (Å²) in [6.07, 6.45) is 5.48. The Hall–Kier alpha value is -0.0800. The quantitative estimate of drug-likeness (QED) is 0.704. The molecule has 0 aromatic carbocycles. The lowest BCUT2D eigenvalue weighted by Crippen LogP contribution is -2.40. The number of rotatable bonds is 5. The molecule has 1 aliphatic carbocycles. The Kier molecular flexibility index (Phi) is 5.62. The van der Waals surface area contributed by atoms with E-state index in [1.54, 1.807) is 0 Å². The van der Waals surface area contributed by atoms with Gasteiger partial charge in [0.15, 0.2) is 0 Å². The summed E-state index contributed by atoms with van der Waals surface area (Å²) in [6.45, 7) is 7.17. The molecule has 0 bridgehead atoms. The fourth-order valence-corrected chi connectivity index (χ4v) is 2.50. The summed E-state index contributed by atoms with van der Waals surface area (Å²) in [5, 5.41) is 3.73. The van der Waals surface area contributed by atoms with E-state index >= 15 is 0 Å². The molecule has 2 heteroatoms. The predicted molar refractivity (Wildman–Crippen MR) is 67.1 cm³/mol. The molecule has 15 heavy (non-hydrogen) atoms. The van der Waals surface area contributed by atoms with Gasteiger partial charge in [-0.15, -0.1) is 0 Å². The van der Waals surface area contributed by atoms with Crippen molar-refractivity contribution in [1.29, 1.82) is 0 Å². The van der Waals surface area contributed by atoms with Crippen LogP contribution in [0.1, 0.15) is 39.5 Å². The second-order valence-electron chi connectivity index (χ2n) is 5.61. The molecule has 0 aromatic heterocycles. The van der Waals surface area contributed by atoms with Crippen LogP contribution in [0.2, 0.25) is 0 Å². The molecule has 1 N–H and O–H groups in total. The summed E-state index contributed by atoms with van der Waals surface area (Å²) < 4.78 is 0. The number of nitrogens with one attached hydrogen (secondary N) is 1. The summed E-state index contributed by atoms with van der Waals surface area (Å²) in [5.41, 5.74) is 0. The van der Waals surface area contributed by atoms with Crippen LogP contribution < -0.4 is 5.32 Å². The third-order valence-electron chi connectivity index (χ3n) is 3.65. The van der Waals surface area contributed by atoms with Crippen LogP contribution in [0.25, 0.3) is 0 Å². The lowest BCUT2D eigenvalue weighted by Gasteiger charge is -2.33. The molecule has 1 rings (SSSR count). The second-order valence-corrected chi connectivity index (χ2v) is 5.61. The lowest BCUT2D eigenvalue weighted by atomic mass is 9.80. The summed E-state index contributed by atoms with van der Waals surface area (Å²) in [5.74, 6) is 1.80. The standard InChI is InChI=1S/C13H28N2/c1-11-6-7-12(2)13(10-11)14-8-5-9-15(3)4/h11-14H,5-10H2,1-4H3. The Balaban J connectivity index is 2.13. The molecule has 1 aliphatic rings. The molecular weight excluding hydrogens is 184 g/mol. The minimum absolute atomic E-state index is 0.774. The van der Waals surface area contributed by atoms with Crippen LogP contribution in [0, 0.1) is 11.8 Å². The molecule has 1 saturated carbocycles. The summed E-state index contributed by atoms with van der Waals surface area (Å²) >= 11 is 0. The molecule has 0 spiro atoms. The Bertz CT molecular complexity index is 168. The van der Waals surface area contributed by atoms with Crippen molar-refractivity contribution in [3.05, 3.63) is 0 Å². The van der Waals surface area contributed by atoms with Crippen LogP contribution in [0.15, 0.2) is 0 Å². The van der Waals surface area contributed by atoms with Crippen molar-refractivity contribution in [2.45, 2.75) is 45.6 Å². The van der Waals surface area contributed by atoms with Gasteiger partial charge in [-0.3, -0.25) is 0 Å². The van der Waals surface area contributed by atoms with Crippen molar-refractivity contribution in [3.8, 4) is 0 Å². The van der Waals surface area contributed by atoms with Gasteiger partial charge >= 0.3 is 0 Å². The van der Waals surface area contributed by atoms with Crippen molar-refractivity contribution < 1.29 is 0 Å². The third kappa shape index (κ3) is 4.98. The van der Waals surface area contributed by atoms with Gasteiger partial charge in [0.05, 0.1) is 0 Å². The van der Waals surface area contributed by atoms with Crippen LogP contribution in [0.4, 0.5) is 0 Å². The first-order valence-electron chi connectivity index (χ1n) is 6.47. The maximum atomic E-state index is 3.73. The summed E-state index contributed by atoms with van der Waals surface area (Å²) in [6, 6.07) is 0.774. The number of hydrogen-bond donors (Lipinski definition) is 1. The van der Waals surface area contributed by atoms with E-state index in [9.17, 15) is 0 Å². The molecule has 3 atom stereocenters. The van der Waals surface area contributed by atoms with E-state index < -0.39 is 0 Å². The first-order chi connectivity index (χ1) is 7.09. The van der Waals surface area contributed by atoms with Gasteiger partial charge in [-0.1, -0.05) is 20.3 Å². The van der Waals surface area contributed by atoms with Gasteiger partial charge in [0, 0.05) is 6.04 Å². The van der Waals surface area contributed by atoms with E-state index in [2.05, 4.69) is 38.2 Å². The molecule has 0 aromatic rings. The average molecular weight is 212 g/mol. The van der Waals surface area contributed by atoms with Gasteiger partial charge in [-0.25, -0.2) is 0 Å². The molecule has 1 fully saturated rings. The van der Waals surface area contributed by atoms with Gasteiger partial charge in [-0.05, 0) is 58.3 Å². The highest BCUT2D eigenvalue weighted by atomic mass is 15.1. The van der Waals surface area contributed by atoms with Crippen molar-refractivity contribution >= 4 is 0 Å². The Morgan fingerprint density at radius 3 is 2.60 bits per heavy atom. The minimum atomic E-state index is 0.774. The molecule has 0 aliphatic heterocycles. The van der Waals surface area contributed by atoms with Crippen molar-refractivity contribution in [1.82, 2.24) is 10.2 Å². The van der Waals surface area contributed by atoms with Crippen LogP contribution >= 0.6 is 0 Å². The van der Waals surface area contributed by atoms with Crippen LogP contribution in [-0.4, -0.2) is 38.1 Å². The lowest BCUT2D eigenvalue weighted by molar-refractivity contribution is 0.226. The van der Waals surface area contributed by atoms with E-state index in [0.29, 0.717) is 0 Å². The highest BCUT2D eigenvalue weighted by Crippen LogP contribution is 2.28. The van der Waals surface area contributed by atoms with E-state index in [4.69, 9.17) is 0 Å². The smallest absolute Gasteiger partial charge is 0.00952 e. The highest BCUT2D eigenvalue weighted by Gasteiger charge is 2.24. The maximum absolute atomic E-state index is 3.73. The van der Waals surface area contributed by atoms with Gasteiger partial charge in [-0.2, -0.15) is 0 Å². The van der Waals surface area contributed by atoms with E-state index in [-0.39, 0.29) is 0 Å². The van der Waals surface area contributed by atoms with Crippen LogP contribution in [0.5, 0.6) is 0 Å². The van der Waals surface area contributed by atoms with Crippen LogP contribution in [0.3, 0.4) is 0 Å². The first-order valence-corrected chi connectivity index (χ1v) is 6.47. The number of hydrogen-bond acceptors (Lipinski definition) is 2. The molecule has 90 valence electrons. The third-order valence-corrected chi connectivity index (χ3v) is 3.65. The van der Waals surface area contributed by atoms with Crippen molar-refractivity contribution in [2.75, 3.05) is 27.2 Å². The zero-order valence-electron chi connectivity index (χ0n) is 10.9. The molecule has 3 unspecified atom stereocenters. The van der Waals surface area contributed by atoms with Gasteiger partial charge in [0.1, 0.15) is 0 Å². The van der Waals surface area contributed by atoms with Gasteiger partial charge in [0.25, 0.3) is 0 Å². The van der Waals surface area contributed by atoms with Crippen molar-refractivity contribution in [3.63, 3.8) is 0 Å². The fraction of sp³-hybridized carbons (Fsp3) is 1.00. The zero-order valence-corrected chi connectivity index (χ0v) is 10.9. The molecule has 2 nitrogen and oxygen atoms in total. The molecule has 0 amide bonds. The van der Waals surface area contributed by atoms with E-state index in [1.165, 1.54) is 38.8 Å². The zero-order chi connectivity index (χ0) is 11.3. The molecular formula is C13H28N2. The van der Waals surface area contributed by atoms with E-state index in [1.807, 2.05) is 0 Å².